The monoisotopic (exact) mass is 267 g/mol. The average Bonchev–Trinajstić information content (AvgIpc) is 2.37. The number of urea groups is 1. The van der Waals surface area contributed by atoms with Crippen molar-refractivity contribution < 1.29 is 28.3 Å². The summed E-state index contributed by atoms with van der Waals surface area (Å²) in [6.07, 6.45) is 0.0102. The largest absolute Gasteiger partial charge is 0.495 e. The number of aromatic carboxylic acids is 1. The zero-order valence-electron chi connectivity index (χ0n) is 12.7. The first-order chi connectivity index (χ1) is 10.2. The molecule has 0 unspecified atom stereocenters. The fourth-order valence-corrected chi connectivity index (χ4v) is 1.74. The maximum Gasteiger partial charge on any atom is 0.335 e. The van der Waals surface area contributed by atoms with Gasteiger partial charge in [-0.1, -0.05) is 0 Å². The van der Waals surface area contributed by atoms with Gasteiger partial charge in [0, 0.05) is 13.0 Å². The van der Waals surface area contributed by atoms with E-state index in [4.69, 9.17) is 14.0 Å². The Labute approximate surface area is 113 Å². The second-order valence-corrected chi connectivity index (χ2v) is 3.84. The molecule has 3 amide bonds. The summed E-state index contributed by atoms with van der Waals surface area (Å²) < 4.78 is 26.2. The summed E-state index contributed by atoms with van der Waals surface area (Å²) in [5, 5.41) is 11.1. The minimum Gasteiger partial charge on any atom is -0.495 e. The van der Waals surface area contributed by atoms with Crippen LogP contribution in [0.5, 0.6) is 5.75 Å². The second-order valence-electron chi connectivity index (χ2n) is 3.84. The van der Waals surface area contributed by atoms with Crippen molar-refractivity contribution in [2.75, 3.05) is 18.5 Å². The van der Waals surface area contributed by atoms with Gasteiger partial charge in [0.1, 0.15) is 5.75 Å². The van der Waals surface area contributed by atoms with E-state index in [2.05, 4.69) is 5.32 Å². The van der Waals surface area contributed by atoms with Crippen LogP contribution in [0.3, 0.4) is 0 Å². The van der Waals surface area contributed by atoms with Gasteiger partial charge in [0.25, 0.3) is 0 Å². The summed E-state index contributed by atoms with van der Waals surface area (Å²) in [4.78, 5) is 35.1. The first-order valence-electron chi connectivity index (χ1n) is 6.85. The summed E-state index contributed by atoms with van der Waals surface area (Å²) in [6, 6.07) is 2.68. The molecule has 2 rings (SSSR count). The van der Waals surface area contributed by atoms with E-state index >= 15 is 0 Å². The number of methoxy groups -OCH3 is 1. The molecule has 0 atom stereocenters. The van der Waals surface area contributed by atoms with Crippen molar-refractivity contribution in [3.8, 4) is 5.75 Å². The van der Waals surface area contributed by atoms with Crippen LogP contribution >= 0.6 is 0 Å². The summed E-state index contributed by atoms with van der Waals surface area (Å²) in [6.45, 7) is -0.00883. The summed E-state index contributed by atoms with van der Waals surface area (Å²) in [5.41, 5.74) is -0.168. The Bertz CT molecular complexity index is 644. The molecule has 100 valence electrons. The predicted octanol–water partition coefficient (Wildman–Crippen LogP) is 0.840. The molecule has 7 nitrogen and oxygen atoms in total. The third kappa shape index (κ3) is 2.49. The van der Waals surface area contributed by atoms with Gasteiger partial charge in [-0.2, -0.15) is 0 Å². The highest BCUT2D eigenvalue weighted by atomic mass is 16.5. The van der Waals surface area contributed by atoms with Crippen LogP contribution in [0.1, 0.15) is 20.9 Å². The number of nitrogens with zero attached hydrogens (tertiary/aromatic N) is 1. The van der Waals surface area contributed by atoms with Crippen LogP contribution in [0, 0.1) is 0 Å². The van der Waals surface area contributed by atoms with Gasteiger partial charge in [-0.3, -0.25) is 15.0 Å². The molecule has 0 spiro atoms. The van der Waals surface area contributed by atoms with Crippen LogP contribution in [0.25, 0.3) is 0 Å². The van der Waals surface area contributed by atoms with Gasteiger partial charge >= 0.3 is 12.0 Å². The lowest BCUT2D eigenvalue weighted by Gasteiger charge is -2.27. The smallest absolute Gasteiger partial charge is 0.335 e. The van der Waals surface area contributed by atoms with Crippen molar-refractivity contribution in [2.45, 2.75) is 6.42 Å². The zero-order chi connectivity index (χ0) is 16.5. The fourth-order valence-electron chi connectivity index (χ4n) is 1.74. The van der Waals surface area contributed by atoms with Crippen molar-refractivity contribution in [3.63, 3.8) is 0 Å². The SMILES string of the molecule is [2H]C([2H])([2H])Oc1ccc(C(=O)O)cc1N1CCC(=O)NC1=O. The number of carboxylic acid groups (broad SMARTS) is 1. The number of amides is 3. The van der Waals surface area contributed by atoms with Crippen LogP contribution in [-0.4, -0.2) is 36.6 Å². The molecule has 0 aliphatic carbocycles. The summed E-state index contributed by atoms with van der Waals surface area (Å²) in [7, 11) is -2.76. The molecule has 0 saturated carbocycles. The Balaban J connectivity index is 2.45. The van der Waals surface area contributed by atoms with E-state index in [9.17, 15) is 14.4 Å². The molecule has 1 fully saturated rings. The number of nitrogens with one attached hydrogen (secondary N) is 1. The third-order valence-corrected chi connectivity index (χ3v) is 2.66. The molecular formula is C12H12N2O5. The van der Waals surface area contributed by atoms with Crippen molar-refractivity contribution in [1.82, 2.24) is 5.32 Å². The molecule has 0 bridgehead atoms. The van der Waals surface area contributed by atoms with Gasteiger partial charge in [0.05, 0.1) is 22.4 Å². The number of ether oxygens (including phenoxy) is 1. The lowest BCUT2D eigenvalue weighted by Crippen LogP contribution is -2.49. The number of rotatable bonds is 3. The fraction of sp³-hybridized carbons (Fsp3) is 0.250. The van der Waals surface area contributed by atoms with Crippen LogP contribution in [0.4, 0.5) is 10.5 Å². The molecule has 2 N–H and O–H groups in total. The average molecular weight is 267 g/mol. The van der Waals surface area contributed by atoms with Crippen LogP contribution in [-0.2, 0) is 4.79 Å². The lowest BCUT2D eigenvalue weighted by molar-refractivity contribution is -0.120. The first-order valence-corrected chi connectivity index (χ1v) is 5.35. The van der Waals surface area contributed by atoms with E-state index in [1.54, 1.807) is 0 Å². The van der Waals surface area contributed by atoms with Gasteiger partial charge < -0.3 is 9.84 Å². The Kier molecular flexibility index (Phi) is 2.45. The molecule has 19 heavy (non-hydrogen) atoms. The van der Waals surface area contributed by atoms with Gasteiger partial charge in [0.2, 0.25) is 5.91 Å². The molecule has 1 aromatic carbocycles. The van der Waals surface area contributed by atoms with Gasteiger partial charge in [0.15, 0.2) is 0 Å². The minimum atomic E-state index is -2.76. The van der Waals surface area contributed by atoms with Crippen LogP contribution in [0.2, 0.25) is 0 Å². The Hall–Kier alpha value is -2.57. The molecule has 1 saturated heterocycles. The van der Waals surface area contributed by atoms with Crippen LogP contribution < -0.4 is 15.0 Å². The van der Waals surface area contributed by atoms with E-state index in [1.165, 1.54) is 6.07 Å². The summed E-state index contributed by atoms with van der Waals surface area (Å²) in [5.74, 6) is -1.88. The lowest BCUT2D eigenvalue weighted by atomic mass is 10.1. The Morgan fingerprint density at radius 1 is 1.53 bits per heavy atom. The maximum atomic E-state index is 11.9. The highest BCUT2D eigenvalue weighted by molar-refractivity contribution is 6.06. The Morgan fingerprint density at radius 3 is 2.95 bits per heavy atom. The number of carbonyl (C=O) groups is 3. The normalized spacial score (nSPS) is 18.1. The molecule has 1 heterocycles. The van der Waals surface area contributed by atoms with Crippen molar-refractivity contribution in [1.29, 1.82) is 0 Å². The van der Waals surface area contributed by atoms with Gasteiger partial charge in [-0.25, -0.2) is 9.59 Å². The molecule has 1 aliphatic heterocycles. The molecule has 0 radical (unpaired) electrons. The van der Waals surface area contributed by atoms with Gasteiger partial charge in [-0.05, 0) is 18.2 Å². The quantitative estimate of drug-likeness (QED) is 0.846. The van der Waals surface area contributed by atoms with E-state index in [-0.39, 0.29) is 30.0 Å². The number of carboxylic acids is 1. The number of benzene rings is 1. The number of hydrogen-bond acceptors (Lipinski definition) is 4. The number of anilines is 1. The number of hydrogen-bond donors (Lipinski definition) is 2. The topological polar surface area (TPSA) is 95.9 Å². The summed E-state index contributed by atoms with van der Waals surface area (Å²) >= 11 is 0. The third-order valence-electron chi connectivity index (χ3n) is 2.66. The first kappa shape index (κ1) is 9.37. The molecule has 1 aromatic rings. The van der Waals surface area contributed by atoms with Crippen LogP contribution in [0.15, 0.2) is 18.2 Å². The standard InChI is InChI=1S/C12H12N2O5/c1-19-9-3-2-7(11(16)17)6-8(9)14-5-4-10(15)13-12(14)18/h2-3,6H,4-5H2,1H3,(H,16,17)(H,13,15,18)/i1D3. The zero-order valence-corrected chi connectivity index (χ0v) is 9.67. The maximum absolute atomic E-state index is 11.9. The van der Waals surface area contributed by atoms with E-state index in [1.807, 2.05) is 0 Å². The Morgan fingerprint density at radius 2 is 2.32 bits per heavy atom. The van der Waals surface area contributed by atoms with E-state index in [0.717, 1.165) is 17.0 Å². The minimum absolute atomic E-state index is 0.00883. The highest BCUT2D eigenvalue weighted by Crippen LogP contribution is 2.30. The molecular weight excluding hydrogens is 252 g/mol. The van der Waals surface area contributed by atoms with Gasteiger partial charge in [-0.15, -0.1) is 0 Å². The molecule has 0 aromatic heterocycles. The van der Waals surface area contributed by atoms with Crippen molar-refractivity contribution in [2.24, 2.45) is 0 Å². The molecule has 1 aliphatic rings. The second kappa shape index (κ2) is 4.97. The number of imide groups is 1. The predicted molar refractivity (Wildman–Crippen MR) is 65.5 cm³/mol. The van der Waals surface area contributed by atoms with Crippen molar-refractivity contribution >= 4 is 23.6 Å². The van der Waals surface area contributed by atoms with E-state index < -0.39 is 24.9 Å². The number of carbonyl (C=O) groups excluding carboxylic acids is 2. The van der Waals surface area contributed by atoms with E-state index in [0.29, 0.717) is 0 Å². The molecule has 7 heteroatoms. The van der Waals surface area contributed by atoms with Crippen molar-refractivity contribution in [3.05, 3.63) is 23.8 Å². The highest BCUT2D eigenvalue weighted by Gasteiger charge is 2.27.